The molecule has 1 fully saturated rings. The Bertz CT molecular complexity index is 1110. The molecule has 0 aromatic heterocycles. The topological polar surface area (TPSA) is 72.5 Å². The zero-order chi connectivity index (χ0) is 23.9. The van der Waals surface area contributed by atoms with Crippen LogP contribution in [-0.2, 0) is 0 Å². The van der Waals surface area contributed by atoms with Crippen LogP contribution in [0.15, 0.2) is 78.9 Å². The standard InChI is InChI=1S/C28H28N4O2/c1-33-26-15-8-6-13-22(26)24(19-29)31-17-10-18-32(28(31)21-11-4-3-5-12-21)25(20-30)23-14-7-9-16-27(23)34-2/h3-9,11-16,24-25,28H,10,17-18H2,1-2H3/t24-,25-/m0/s1. The maximum absolute atomic E-state index is 10.3. The maximum atomic E-state index is 10.3. The molecule has 0 spiro atoms. The Labute approximate surface area is 201 Å². The lowest BCUT2D eigenvalue weighted by Crippen LogP contribution is -2.49. The average Bonchev–Trinajstić information content (AvgIpc) is 2.91. The predicted octanol–water partition coefficient (Wildman–Crippen LogP) is 5.24. The summed E-state index contributed by atoms with van der Waals surface area (Å²) >= 11 is 0. The Morgan fingerprint density at radius 1 is 0.706 bits per heavy atom. The van der Waals surface area contributed by atoms with Gasteiger partial charge in [-0.15, -0.1) is 0 Å². The molecule has 172 valence electrons. The van der Waals surface area contributed by atoms with Crippen molar-refractivity contribution >= 4 is 0 Å². The highest BCUT2D eigenvalue weighted by Crippen LogP contribution is 2.43. The van der Waals surface area contributed by atoms with E-state index in [2.05, 4.69) is 34.1 Å². The van der Waals surface area contributed by atoms with Gasteiger partial charge in [0.2, 0.25) is 0 Å². The molecule has 0 bridgehead atoms. The lowest BCUT2D eigenvalue weighted by atomic mass is 9.96. The molecule has 1 heterocycles. The third-order valence-electron chi connectivity index (χ3n) is 6.33. The van der Waals surface area contributed by atoms with Crippen molar-refractivity contribution in [1.29, 1.82) is 10.5 Å². The van der Waals surface area contributed by atoms with Crippen molar-refractivity contribution in [3.63, 3.8) is 0 Å². The summed E-state index contributed by atoms with van der Waals surface area (Å²) in [7, 11) is 3.25. The van der Waals surface area contributed by atoms with Gasteiger partial charge in [-0.3, -0.25) is 9.80 Å². The zero-order valence-corrected chi connectivity index (χ0v) is 19.5. The van der Waals surface area contributed by atoms with Gasteiger partial charge in [0.25, 0.3) is 0 Å². The van der Waals surface area contributed by atoms with E-state index in [1.807, 2.05) is 66.7 Å². The van der Waals surface area contributed by atoms with E-state index in [0.29, 0.717) is 11.5 Å². The van der Waals surface area contributed by atoms with Gasteiger partial charge in [-0.2, -0.15) is 10.5 Å². The fraction of sp³-hybridized carbons (Fsp3) is 0.286. The number of para-hydroxylation sites is 2. The molecule has 6 nitrogen and oxygen atoms in total. The third-order valence-corrected chi connectivity index (χ3v) is 6.33. The normalized spacial score (nSPS) is 16.7. The van der Waals surface area contributed by atoms with Crippen LogP contribution in [0.3, 0.4) is 0 Å². The fourth-order valence-corrected chi connectivity index (χ4v) is 4.85. The van der Waals surface area contributed by atoms with Crippen molar-refractivity contribution < 1.29 is 9.47 Å². The Morgan fingerprint density at radius 3 is 1.59 bits per heavy atom. The smallest absolute Gasteiger partial charge is 0.128 e. The number of nitriles is 2. The molecule has 1 aliphatic heterocycles. The van der Waals surface area contributed by atoms with E-state index in [9.17, 15) is 10.5 Å². The molecule has 0 aliphatic carbocycles. The van der Waals surface area contributed by atoms with Gasteiger partial charge in [-0.1, -0.05) is 66.7 Å². The Morgan fingerprint density at radius 2 is 1.15 bits per heavy atom. The van der Waals surface area contributed by atoms with Gasteiger partial charge in [0.15, 0.2) is 0 Å². The molecule has 0 radical (unpaired) electrons. The Hall–Kier alpha value is -3.84. The molecule has 0 N–H and O–H groups in total. The minimum Gasteiger partial charge on any atom is -0.496 e. The zero-order valence-electron chi connectivity index (χ0n) is 19.5. The van der Waals surface area contributed by atoms with Gasteiger partial charge in [-0.05, 0) is 24.1 Å². The van der Waals surface area contributed by atoms with Crippen LogP contribution in [0, 0.1) is 22.7 Å². The highest BCUT2D eigenvalue weighted by atomic mass is 16.5. The monoisotopic (exact) mass is 452 g/mol. The van der Waals surface area contributed by atoms with Crippen LogP contribution in [0.1, 0.15) is 41.4 Å². The summed E-state index contributed by atoms with van der Waals surface area (Å²) < 4.78 is 11.2. The van der Waals surface area contributed by atoms with E-state index in [0.717, 1.165) is 36.2 Å². The fourth-order valence-electron chi connectivity index (χ4n) is 4.85. The van der Waals surface area contributed by atoms with Crippen molar-refractivity contribution in [3.8, 4) is 23.6 Å². The van der Waals surface area contributed by atoms with Crippen LogP contribution in [0.4, 0.5) is 0 Å². The van der Waals surface area contributed by atoms with Crippen LogP contribution >= 0.6 is 0 Å². The maximum Gasteiger partial charge on any atom is 0.128 e. The van der Waals surface area contributed by atoms with Gasteiger partial charge >= 0.3 is 0 Å². The van der Waals surface area contributed by atoms with Gasteiger partial charge < -0.3 is 9.47 Å². The molecule has 0 saturated carbocycles. The number of hydrogen-bond donors (Lipinski definition) is 0. The molecule has 4 rings (SSSR count). The third kappa shape index (κ3) is 4.47. The predicted molar refractivity (Wildman–Crippen MR) is 130 cm³/mol. The highest BCUT2D eigenvalue weighted by molar-refractivity contribution is 5.41. The second-order valence-corrected chi connectivity index (χ2v) is 8.16. The van der Waals surface area contributed by atoms with Crippen LogP contribution in [0.2, 0.25) is 0 Å². The number of methoxy groups -OCH3 is 2. The number of benzene rings is 3. The van der Waals surface area contributed by atoms with Crippen molar-refractivity contribution in [2.24, 2.45) is 0 Å². The minimum atomic E-state index is -0.541. The molecule has 1 saturated heterocycles. The van der Waals surface area contributed by atoms with Crippen LogP contribution in [-0.4, -0.2) is 37.1 Å². The molecular formula is C28H28N4O2. The van der Waals surface area contributed by atoms with E-state index >= 15 is 0 Å². The number of nitrogens with zero attached hydrogens (tertiary/aromatic N) is 4. The van der Waals surface area contributed by atoms with Gasteiger partial charge in [0, 0.05) is 24.2 Å². The van der Waals surface area contributed by atoms with E-state index in [1.165, 1.54) is 0 Å². The summed E-state index contributed by atoms with van der Waals surface area (Å²) in [6.07, 6.45) is 0.545. The number of ether oxygens (including phenoxy) is 2. The van der Waals surface area contributed by atoms with Gasteiger partial charge in [0.05, 0.1) is 32.5 Å². The molecule has 2 atom stereocenters. The van der Waals surface area contributed by atoms with Crippen molar-refractivity contribution in [1.82, 2.24) is 9.80 Å². The summed E-state index contributed by atoms with van der Waals surface area (Å²) in [4.78, 5) is 4.35. The molecule has 34 heavy (non-hydrogen) atoms. The molecule has 0 unspecified atom stereocenters. The number of rotatable bonds is 7. The van der Waals surface area contributed by atoms with E-state index in [4.69, 9.17) is 9.47 Å². The molecule has 1 aliphatic rings. The number of hydrogen-bond acceptors (Lipinski definition) is 6. The Kier molecular flexibility index (Phi) is 7.44. The second-order valence-electron chi connectivity index (χ2n) is 8.16. The summed E-state index contributed by atoms with van der Waals surface area (Å²) in [6.45, 7) is 1.44. The van der Waals surface area contributed by atoms with E-state index < -0.39 is 12.1 Å². The van der Waals surface area contributed by atoms with Crippen LogP contribution in [0.25, 0.3) is 0 Å². The lowest BCUT2D eigenvalue weighted by molar-refractivity contribution is -0.0293. The SMILES string of the molecule is COc1ccccc1[C@H](C#N)N1CCCN([C@@H](C#N)c2ccccc2OC)C1c1ccccc1. The van der Waals surface area contributed by atoms with Crippen molar-refractivity contribution in [2.45, 2.75) is 24.7 Å². The quantitative estimate of drug-likeness (QED) is 0.488. The molecule has 3 aromatic rings. The summed E-state index contributed by atoms with van der Waals surface area (Å²) in [5, 5.41) is 20.7. The van der Waals surface area contributed by atoms with Crippen LogP contribution in [0.5, 0.6) is 11.5 Å². The highest BCUT2D eigenvalue weighted by Gasteiger charge is 2.40. The largest absolute Gasteiger partial charge is 0.496 e. The summed E-state index contributed by atoms with van der Waals surface area (Å²) in [6, 6.07) is 29.3. The first-order valence-corrected chi connectivity index (χ1v) is 11.3. The summed E-state index contributed by atoms with van der Waals surface area (Å²) in [5.74, 6) is 1.36. The first-order valence-electron chi connectivity index (χ1n) is 11.3. The van der Waals surface area contributed by atoms with Crippen molar-refractivity contribution in [2.75, 3.05) is 27.3 Å². The second kappa shape index (κ2) is 10.9. The van der Waals surface area contributed by atoms with Gasteiger partial charge in [0.1, 0.15) is 23.6 Å². The first-order chi connectivity index (χ1) is 16.7. The van der Waals surface area contributed by atoms with E-state index in [-0.39, 0.29) is 6.17 Å². The first kappa shape index (κ1) is 23.3. The minimum absolute atomic E-state index is 0.279. The molecule has 0 amide bonds. The average molecular weight is 453 g/mol. The van der Waals surface area contributed by atoms with Gasteiger partial charge in [-0.25, -0.2) is 0 Å². The molecular weight excluding hydrogens is 424 g/mol. The molecule has 3 aromatic carbocycles. The lowest BCUT2D eigenvalue weighted by Gasteiger charge is -2.47. The molecule has 6 heteroatoms. The van der Waals surface area contributed by atoms with E-state index in [1.54, 1.807) is 14.2 Å². The van der Waals surface area contributed by atoms with Crippen LogP contribution < -0.4 is 9.47 Å². The Balaban J connectivity index is 1.83. The summed E-state index contributed by atoms with van der Waals surface area (Å²) in [5.41, 5.74) is 2.68. The van der Waals surface area contributed by atoms with Crippen molar-refractivity contribution in [3.05, 3.63) is 95.6 Å².